The number of hydrogen-bond donors (Lipinski definition) is 0. The summed E-state index contributed by atoms with van der Waals surface area (Å²) in [6.45, 7) is 0. The van der Waals surface area contributed by atoms with Crippen molar-refractivity contribution < 1.29 is 8.78 Å². The van der Waals surface area contributed by atoms with Gasteiger partial charge in [0.2, 0.25) is 0 Å². The van der Waals surface area contributed by atoms with Crippen molar-refractivity contribution in [3.8, 4) is 16.3 Å². The summed E-state index contributed by atoms with van der Waals surface area (Å²) in [6, 6.07) is 14.9. The van der Waals surface area contributed by atoms with Crippen molar-refractivity contribution in [1.82, 2.24) is 14.8 Å². The van der Waals surface area contributed by atoms with Crippen LogP contribution in [0.5, 0.6) is 0 Å². The summed E-state index contributed by atoms with van der Waals surface area (Å²) in [7, 11) is 0. The SMILES string of the molecule is FC(F)c1cc(-c2cccs2)nc2c1c(C1CC1)nn2-c1ccccc1. The fourth-order valence-corrected chi connectivity index (χ4v) is 3.97. The van der Waals surface area contributed by atoms with Gasteiger partial charge in [-0.1, -0.05) is 24.3 Å². The third-order valence-electron chi connectivity index (χ3n) is 4.67. The van der Waals surface area contributed by atoms with Crippen LogP contribution in [0, 0.1) is 0 Å². The van der Waals surface area contributed by atoms with E-state index in [1.807, 2.05) is 47.8 Å². The van der Waals surface area contributed by atoms with Gasteiger partial charge in [0.25, 0.3) is 6.43 Å². The molecule has 1 aromatic carbocycles. The lowest BCUT2D eigenvalue weighted by Crippen LogP contribution is -1.99. The molecule has 0 unspecified atom stereocenters. The Morgan fingerprint density at radius 2 is 1.88 bits per heavy atom. The van der Waals surface area contributed by atoms with Gasteiger partial charge >= 0.3 is 0 Å². The van der Waals surface area contributed by atoms with Gasteiger partial charge in [-0.25, -0.2) is 18.4 Å². The molecule has 3 nitrogen and oxygen atoms in total. The molecule has 5 rings (SSSR count). The molecule has 0 amide bonds. The molecule has 0 bridgehead atoms. The second-order valence-electron chi connectivity index (χ2n) is 6.48. The van der Waals surface area contributed by atoms with Crippen molar-refractivity contribution in [1.29, 1.82) is 0 Å². The molecule has 26 heavy (non-hydrogen) atoms. The fourth-order valence-electron chi connectivity index (χ4n) is 3.29. The molecule has 4 aromatic rings. The second-order valence-corrected chi connectivity index (χ2v) is 7.43. The van der Waals surface area contributed by atoms with Crippen molar-refractivity contribution in [2.45, 2.75) is 25.2 Å². The third kappa shape index (κ3) is 2.52. The van der Waals surface area contributed by atoms with Gasteiger partial charge in [-0.05, 0) is 42.5 Å². The number of alkyl halides is 2. The molecule has 0 radical (unpaired) electrons. The van der Waals surface area contributed by atoms with Gasteiger partial charge in [-0.15, -0.1) is 11.3 Å². The Balaban J connectivity index is 1.85. The number of pyridine rings is 1. The lowest BCUT2D eigenvalue weighted by atomic mass is 10.1. The zero-order chi connectivity index (χ0) is 17.7. The molecule has 130 valence electrons. The zero-order valence-corrected chi connectivity index (χ0v) is 14.6. The molecule has 0 spiro atoms. The van der Waals surface area contributed by atoms with Crippen molar-refractivity contribution in [2.24, 2.45) is 0 Å². The van der Waals surface area contributed by atoms with E-state index in [9.17, 15) is 8.78 Å². The van der Waals surface area contributed by atoms with Crippen LogP contribution in [0.2, 0.25) is 0 Å². The summed E-state index contributed by atoms with van der Waals surface area (Å²) >= 11 is 1.50. The van der Waals surface area contributed by atoms with Gasteiger partial charge < -0.3 is 0 Å². The number of halogens is 2. The molecule has 6 heteroatoms. The Bertz CT molecular complexity index is 1070. The van der Waals surface area contributed by atoms with Crippen LogP contribution in [0.15, 0.2) is 53.9 Å². The number of rotatable bonds is 4. The summed E-state index contributed by atoms with van der Waals surface area (Å²) in [5.41, 5.74) is 2.70. The lowest BCUT2D eigenvalue weighted by molar-refractivity contribution is 0.153. The van der Waals surface area contributed by atoms with Crippen LogP contribution >= 0.6 is 11.3 Å². The van der Waals surface area contributed by atoms with E-state index in [-0.39, 0.29) is 11.5 Å². The minimum atomic E-state index is -2.56. The normalized spacial score (nSPS) is 14.4. The van der Waals surface area contributed by atoms with Crippen LogP contribution in [0.4, 0.5) is 8.78 Å². The van der Waals surface area contributed by atoms with Gasteiger partial charge in [0.05, 0.1) is 27.3 Å². The first-order valence-corrected chi connectivity index (χ1v) is 9.41. The first kappa shape index (κ1) is 15.6. The zero-order valence-electron chi connectivity index (χ0n) is 13.8. The highest BCUT2D eigenvalue weighted by Gasteiger charge is 2.33. The number of thiophene rings is 1. The van der Waals surface area contributed by atoms with E-state index >= 15 is 0 Å². The number of fused-ring (bicyclic) bond motifs is 1. The molecule has 0 N–H and O–H groups in total. The van der Waals surface area contributed by atoms with Crippen LogP contribution < -0.4 is 0 Å². The standard InChI is InChI=1S/C20H15F2N3S/c21-19(22)14-11-15(16-7-4-10-26-16)23-20-17(14)18(12-8-9-12)24-25(20)13-5-2-1-3-6-13/h1-7,10-12,19H,8-9H2. The van der Waals surface area contributed by atoms with Gasteiger partial charge in [0.1, 0.15) is 0 Å². The second kappa shape index (κ2) is 5.99. The molecular weight excluding hydrogens is 352 g/mol. The average molecular weight is 367 g/mol. The smallest absolute Gasteiger partial charge is 0.227 e. The molecule has 0 saturated heterocycles. The quantitative estimate of drug-likeness (QED) is 0.445. The Kier molecular flexibility index (Phi) is 3.60. The van der Waals surface area contributed by atoms with Crippen LogP contribution in [-0.2, 0) is 0 Å². The maximum Gasteiger partial charge on any atom is 0.264 e. The minimum Gasteiger partial charge on any atom is -0.227 e. The maximum absolute atomic E-state index is 13.9. The molecule has 3 aromatic heterocycles. The molecule has 0 atom stereocenters. The number of aromatic nitrogens is 3. The Hall–Kier alpha value is -2.60. The van der Waals surface area contributed by atoms with Gasteiger partial charge in [-0.3, -0.25) is 0 Å². The number of hydrogen-bond acceptors (Lipinski definition) is 3. The van der Waals surface area contributed by atoms with E-state index in [4.69, 9.17) is 10.1 Å². The van der Waals surface area contributed by atoms with Crippen molar-refractivity contribution in [3.05, 3.63) is 65.2 Å². The summed E-state index contributed by atoms with van der Waals surface area (Å²) in [4.78, 5) is 5.62. The Labute approximate surface area is 152 Å². The molecular formula is C20H15F2N3S. The van der Waals surface area contributed by atoms with E-state index in [1.165, 1.54) is 17.4 Å². The molecule has 0 aliphatic heterocycles. The summed E-state index contributed by atoms with van der Waals surface area (Å²) in [5.74, 6) is 0.259. The van der Waals surface area contributed by atoms with Crippen molar-refractivity contribution >= 4 is 22.4 Å². The Morgan fingerprint density at radius 3 is 2.54 bits per heavy atom. The summed E-state index contributed by atoms with van der Waals surface area (Å²) in [5, 5.41) is 7.16. The van der Waals surface area contributed by atoms with E-state index in [2.05, 4.69) is 0 Å². The minimum absolute atomic E-state index is 0.0301. The molecule has 1 fully saturated rings. The van der Waals surface area contributed by atoms with E-state index in [0.29, 0.717) is 16.7 Å². The first-order valence-electron chi connectivity index (χ1n) is 8.53. The van der Waals surface area contributed by atoms with Crippen LogP contribution in [0.1, 0.15) is 36.4 Å². The monoisotopic (exact) mass is 367 g/mol. The third-order valence-corrected chi connectivity index (χ3v) is 5.56. The highest BCUT2D eigenvalue weighted by atomic mass is 32.1. The Morgan fingerprint density at radius 1 is 1.08 bits per heavy atom. The average Bonchev–Trinajstić information content (AvgIpc) is 3.21. The van der Waals surface area contributed by atoms with Crippen LogP contribution in [0.3, 0.4) is 0 Å². The summed E-state index contributed by atoms with van der Waals surface area (Å²) < 4.78 is 29.6. The van der Waals surface area contributed by atoms with E-state index < -0.39 is 6.43 Å². The highest BCUT2D eigenvalue weighted by molar-refractivity contribution is 7.13. The molecule has 3 heterocycles. The number of benzene rings is 1. The maximum atomic E-state index is 13.9. The van der Waals surface area contributed by atoms with Gasteiger partial charge in [0.15, 0.2) is 5.65 Å². The first-order chi connectivity index (χ1) is 12.7. The van der Waals surface area contributed by atoms with Crippen LogP contribution in [-0.4, -0.2) is 14.8 Å². The predicted molar refractivity (Wildman–Crippen MR) is 99.1 cm³/mol. The van der Waals surface area contributed by atoms with E-state index in [1.54, 1.807) is 4.68 Å². The van der Waals surface area contributed by atoms with Crippen molar-refractivity contribution in [2.75, 3.05) is 0 Å². The predicted octanol–water partition coefficient (Wildman–Crippen LogP) is 5.96. The largest absolute Gasteiger partial charge is 0.264 e. The number of nitrogens with zero attached hydrogens (tertiary/aromatic N) is 3. The van der Waals surface area contributed by atoms with Gasteiger partial charge in [-0.2, -0.15) is 5.10 Å². The van der Waals surface area contributed by atoms with Gasteiger partial charge in [0, 0.05) is 11.5 Å². The molecule has 1 saturated carbocycles. The van der Waals surface area contributed by atoms with Crippen LogP contribution in [0.25, 0.3) is 27.3 Å². The van der Waals surface area contributed by atoms with Crippen molar-refractivity contribution in [3.63, 3.8) is 0 Å². The lowest BCUT2D eigenvalue weighted by Gasteiger charge is -2.08. The number of para-hydroxylation sites is 1. The summed E-state index contributed by atoms with van der Waals surface area (Å²) in [6.07, 6.45) is -0.572. The topological polar surface area (TPSA) is 30.7 Å². The fraction of sp³-hybridized carbons (Fsp3) is 0.200. The molecule has 1 aliphatic rings. The highest BCUT2D eigenvalue weighted by Crippen LogP contribution is 2.45. The van der Waals surface area contributed by atoms with E-state index in [0.717, 1.165) is 29.1 Å². The molecule has 1 aliphatic carbocycles.